The number of nitrogens with zero attached hydrogens (tertiary/aromatic N) is 6. The topological polar surface area (TPSA) is 68.8 Å². The lowest BCUT2D eigenvalue weighted by Gasteiger charge is -2.32. The van der Waals surface area contributed by atoms with Crippen LogP contribution in [0.1, 0.15) is 40.8 Å². The first-order valence-electron chi connectivity index (χ1n) is 9.01. The van der Waals surface area contributed by atoms with E-state index in [1.54, 1.807) is 24.7 Å². The Hall–Kier alpha value is -2.67. The van der Waals surface area contributed by atoms with Gasteiger partial charge in [-0.15, -0.1) is 10.2 Å². The van der Waals surface area contributed by atoms with Gasteiger partial charge in [-0.05, 0) is 25.0 Å². The average Bonchev–Trinajstić information content (AvgIpc) is 3.32. The maximum absolute atomic E-state index is 12.9. The number of amides is 1. The average molecular weight is 385 g/mol. The summed E-state index contributed by atoms with van der Waals surface area (Å²) in [7, 11) is 1.98. The first-order chi connectivity index (χ1) is 13.1. The van der Waals surface area contributed by atoms with Crippen LogP contribution in [0.2, 0.25) is 5.02 Å². The number of hydrogen-bond donors (Lipinski definition) is 0. The van der Waals surface area contributed by atoms with Crippen LogP contribution < -0.4 is 0 Å². The smallest absolute Gasteiger partial charge is 0.255 e. The molecule has 0 spiro atoms. The molecule has 2 aromatic heterocycles. The Bertz CT molecular complexity index is 936. The molecular weight excluding hydrogens is 364 g/mol. The summed E-state index contributed by atoms with van der Waals surface area (Å²) in [6.07, 6.45) is 7.34. The fourth-order valence-electron chi connectivity index (χ4n) is 3.59. The van der Waals surface area contributed by atoms with Gasteiger partial charge in [0.15, 0.2) is 5.82 Å². The van der Waals surface area contributed by atoms with Gasteiger partial charge in [-0.2, -0.15) is 0 Å². The van der Waals surface area contributed by atoms with E-state index in [0.29, 0.717) is 23.7 Å². The summed E-state index contributed by atoms with van der Waals surface area (Å²) in [4.78, 5) is 18.8. The highest BCUT2D eigenvalue weighted by atomic mass is 35.5. The molecule has 7 nitrogen and oxygen atoms in total. The lowest BCUT2D eigenvalue weighted by atomic mass is 9.96. The van der Waals surface area contributed by atoms with Gasteiger partial charge < -0.3 is 14.0 Å². The first kappa shape index (κ1) is 17.7. The van der Waals surface area contributed by atoms with Crippen LogP contribution in [0.15, 0.2) is 43.0 Å². The Morgan fingerprint density at radius 2 is 2.15 bits per heavy atom. The van der Waals surface area contributed by atoms with Crippen molar-refractivity contribution < 1.29 is 4.79 Å². The molecule has 1 aromatic carbocycles. The van der Waals surface area contributed by atoms with Gasteiger partial charge in [-0.25, -0.2) is 4.98 Å². The highest BCUT2D eigenvalue weighted by Gasteiger charge is 2.29. The molecule has 1 fully saturated rings. The Labute approximate surface area is 162 Å². The largest absolute Gasteiger partial charge is 0.338 e. The van der Waals surface area contributed by atoms with E-state index in [1.165, 1.54) is 0 Å². The third kappa shape index (κ3) is 3.60. The highest BCUT2D eigenvalue weighted by molar-refractivity contribution is 6.33. The van der Waals surface area contributed by atoms with E-state index < -0.39 is 0 Å². The number of piperidine rings is 1. The molecule has 27 heavy (non-hydrogen) atoms. The highest BCUT2D eigenvalue weighted by Crippen LogP contribution is 2.28. The summed E-state index contributed by atoms with van der Waals surface area (Å²) >= 11 is 6.21. The molecule has 1 amide bonds. The summed E-state index contributed by atoms with van der Waals surface area (Å²) in [5.41, 5.74) is 0.554. The maximum atomic E-state index is 12.9. The van der Waals surface area contributed by atoms with Crippen LogP contribution in [-0.4, -0.2) is 48.2 Å². The van der Waals surface area contributed by atoms with Crippen molar-refractivity contribution in [1.82, 2.24) is 29.2 Å². The van der Waals surface area contributed by atoms with Crippen molar-refractivity contribution in [2.24, 2.45) is 7.05 Å². The van der Waals surface area contributed by atoms with E-state index in [4.69, 9.17) is 11.6 Å². The zero-order valence-electron chi connectivity index (χ0n) is 15.1. The molecule has 1 atom stereocenters. The summed E-state index contributed by atoms with van der Waals surface area (Å²) < 4.78 is 4.00. The normalized spacial score (nSPS) is 17.3. The van der Waals surface area contributed by atoms with Crippen molar-refractivity contribution in [3.8, 4) is 0 Å². The number of carbonyl (C=O) groups is 1. The summed E-state index contributed by atoms with van der Waals surface area (Å²) in [6, 6.07) is 7.20. The van der Waals surface area contributed by atoms with Crippen LogP contribution in [0.25, 0.3) is 0 Å². The maximum Gasteiger partial charge on any atom is 0.255 e. The van der Waals surface area contributed by atoms with Crippen LogP contribution in [0.5, 0.6) is 0 Å². The molecular formula is C19H21ClN6O. The minimum Gasteiger partial charge on any atom is -0.338 e. The van der Waals surface area contributed by atoms with Crippen LogP contribution >= 0.6 is 11.6 Å². The Balaban J connectivity index is 1.51. The van der Waals surface area contributed by atoms with Gasteiger partial charge in [-0.1, -0.05) is 23.7 Å². The SMILES string of the molecule is Cn1c(Cn2ccnc2)nnc1[C@@H]1CCCN(C(=O)c2ccccc2Cl)C1. The van der Waals surface area contributed by atoms with E-state index in [1.807, 2.05) is 39.4 Å². The molecule has 0 aliphatic carbocycles. The summed E-state index contributed by atoms with van der Waals surface area (Å²) in [6.45, 7) is 1.99. The van der Waals surface area contributed by atoms with Crippen LogP contribution in [-0.2, 0) is 13.6 Å². The molecule has 0 N–H and O–H groups in total. The predicted molar refractivity (Wildman–Crippen MR) is 102 cm³/mol. The van der Waals surface area contributed by atoms with Crippen molar-refractivity contribution in [3.63, 3.8) is 0 Å². The number of aromatic nitrogens is 5. The molecule has 3 heterocycles. The molecule has 3 aromatic rings. The van der Waals surface area contributed by atoms with Gasteiger partial charge in [0.05, 0.1) is 23.5 Å². The second-order valence-electron chi connectivity index (χ2n) is 6.84. The minimum absolute atomic E-state index is 0.0221. The van der Waals surface area contributed by atoms with Gasteiger partial charge in [-0.3, -0.25) is 4.79 Å². The van der Waals surface area contributed by atoms with Gasteiger partial charge >= 0.3 is 0 Å². The van der Waals surface area contributed by atoms with E-state index in [9.17, 15) is 4.79 Å². The van der Waals surface area contributed by atoms with Crippen molar-refractivity contribution in [3.05, 3.63) is 65.2 Å². The standard InChI is InChI=1S/C19H21ClN6O/c1-24-17(12-25-10-8-21-13-25)22-23-18(24)14-5-4-9-26(11-14)19(27)15-6-2-3-7-16(15)20/h2-3,6-8,10,13-14H,4-5,9,11-12H2,1H3/t14-/m1/s1. The predicted octanol–water partition coefficient (Wildman–Crippen LogP) is 2.73. The zero-order chi connectivity index (χ0) is 18.8. The molecule has 0 radical (unpaired) electrons. The molecule has 8 heteroatoms. The molecule has 1 aliphatic heterocycles. The van der Waals surface area contributed by atoms with E-state index in [0.717, 1.165) is 31.0 Å². The number of imidazole rings is 1. The lowest BCUT2D eigenvalue weighted by Crippen LogP contribution is -2.39. The number of rotatable bonds is 4. The van der Waals surface area contributed by atoms with Crippen LogP contribution in [0.3, 0.4) is 0 Å². The monoisotopic (exact) mass is 384 g/mol. The quantitative estimate of drug-likeness (QED) is 0.693. The second kappa shape index (κ2) is 7.52. The molecule has 140 valence electrons. The Kier molecular flexibility index (Phi) is 4.94. The fourth-order valence-corrected chi connectivity index (χ4v) is 3.81. The molecule has 1 saturated heterocycles. The summed E-state index contributed by atoms with van der Waals surface area (Å²) in [5, 5.41) is 9.26. The van der Waals surface area contributed by atoms with Crippen molar-refractivity contribution in [2.75, 3.05) is 13.1 Å². The van der Waals surface area contributed by atoms with Crippen LogP contribution in [0.4, 0.5) is 0 Å². The molecule has 0 bridgehead atoms. The summed E-state index contributed by atoms with van der Waals surface area (Å²) in [5.74, 6) is 1.93. The number of benzene rings is 1. The van der Waals surface area contributed by atoms with E-state index in [-0.39, 0.29) is 11.8 Å². The van der Waals surface area contributed by atoms with Gasteiger partial charge in [0.25, 0.3) is 5.91 Å². The first-order valence-corrected chi connectivity index (χ1v) is 9.39. The lowest BCUT2D eigenvalue weighted by molar-refractivity contribution is 0.0703. The third-order valence-corrected chi connectivity index (χ3v) is 5.39. The van der Waals surface area contributed by atoms with Crippen molar-refractivity contribution in [1.29, 1.82) is 0 Å². The minimum atomic E-state index is -0.0221. The number of likely N-dealkylation sites (tertiary alicyclic amines) is 1. The number of carbonyl (C=O) groups excluding carboxylic acids is 1. The van der Waals surface area contributed by atoms with Crippen molar-refractivity contribution >= 4 is 17.5 Å². The number of hydrogen-bond acceptors (Lipinski definition) is 4. The van der Waals surface area contributed by atoms with Gasteiger partial charge in [0, 0.05) is 38.4 Å². The van der Waals surface area contributed by atoms with Gasteiger partial charge in [0.2, 0.25) is 0 Å². The van der Waals surface area contributed by atoms with Gasteiger partial charge in [0.1, 0.15) is 5.82 Å². The second-order valence-corrected chi connectivity index (χ2v) is 7.25. The molecule has 1 aliphatic rings. The zero-order valence-corrected chi connectivity index (χ0v) is 15.9. The third-order valence-electron chi connectivity index (χ3n) is 5.06. The Morgan fingerprint density at radius 1 is 1.30 bits per heavy atom. The van der Waals surface area contributed by atoms with Crippen LogP contribution in [0, 0.1) is 0 Å². The number of halogens is 1. The van der Waals surface area contributed by atoms with Crippen molar-refractivity contribution in [2.45, 2.75) is 25.3 Å². The Morgan fingerprint density at radius 3 is 2.93 bits per heavy atom. The van der Waals surface area contributed by atoms with E-state index >= 15 is 0 Å². The fraction of sp³-hybridized carbons (Fsp3) is 0.368. The van der Waals surface area contributed by atoms with E-state index in [2.05, 4.69) is 15.2 Å². The molecule has 4 rings (SSSR count). The molecule has 0 saturated carbocycles. The molecule has 0 unspecified atom stereocenters.